The Kier molecular flexibility index (Phi) is 6.23. The summed E-state index contributed by atoms with van der Waals surface area (Å²) in [5.41, 5.74) is 4.26. The second-order valence-electron chi connectivity index (χ2n) is 6.50. The number of nitrogens with one attached hydrogen (secondary N) is 1. The van der Waals surface area contributed by atoms with Gasteiger partial charge >= 0.3 is 0 Å². The van der Waals surface area contributed by atoms with Crippen molar-refractivity contribution in [1.82, 2.24) is 10.3 Å². The molecule has 1 fully saturated rings. The molecule has 1 saturated heterocycles. The molecule has 146 valence electrons. The number of hydrazone groups is 1. The molecular weight excluding hydrogens is 382 g/mol. The van der Waals surface area contributed by atoms with Crippen LogP contribution < -0.4 is 10.3 Å². The fourth-order valence-electron chi connectivity index (χ4n) is 2.92. The molecule has 1 aliphatic rings. The molecule has 0 atom stereocenters. The normalized spacial score (nSPS) is 15.0. The van der Waals surface area contributed by atoms with Gasteiger partial charge in [0, 0.05) is 60.1 Å². The molecule has 0 radical (unpaired) electrons. The first-order chi connectivity index (χ1) is 13.4. The van der Waals surface area contributed by atoms with Crippen LogP contribution in [-0.4, -0.2) is 55.2 Å². The summed E-state index contributed by atoms with van der Waals surface area (Å²) in [6.07, 6.45) is 1.44. The third kappa shape index (κ3) is 4.85. The van der Waals surface area contributed by atoms with Gasteiger partial charge < -0.3 is 9.80 Å². The summed E-state index contributed by atoms with van der Waals surface area (Å²) in [4.78, 5) is 27.2. The van der Waals surface area contributed by atoms with Crippen molar-refractivity contribution in [3.05, 3.63) is 68.7 Å². The lowest BCUT2D eigenvalue weighted by Gasteiger charge is -2.34. The lowest BCUT2D eigenvalue weighted by Crippen LogP contribution is -2.44. The van der Waals surface area contributed by atoms with Gasteiger partial charge in [-0.3, -0.25) is 14.9 Å². The Bertz CT molecular complexity index is 893. The molecule has 0 saturated carbocycles. The van der Waals surface area contributed by atoms with Crippen molar-refractivity contribution in [3.8, 4) is 0 Å². The van der Waals surface area contributed by atoms with Crippen molar-refractivity contribution >= 4 is 35.1 Å². The number of halogens is 1. The zero-order valence-corrected chi connectivity index (χ0v) is 16.1. The summed E-state index contributed by atoms with van der Waals surface area (Å²) in [6, 6.07) is 11.1. The van der Waals surface area contributed by atoms with Gasteiger partial charge in [0.1, 0.15) is 0 Å². The van der Waals surface area contributed by atoms with Crippen molar-refractivity contribution in [2.24, 2.45) is 5.10 Å². The predicted octanol–water partition coefficient (Wildman–Crippen LogP) is 2.76. The van der Waals surface area contributed by atoms with Crippen molar-refractivity contribution in [2.45, 2.75) is 0 Å². The fraction of sp³-hybridized carbons (Fsp3) is 0.263. The van der Waals surface area contributed by atoms with Gasteiger partial charge in [0.25, 0.3) is 11.6 Å². The molecule has 0 aromatic heterocycles. The minimum absolute atomic E-state index is 0.0247. The fourth-order valence-corrected chi connectivity index (χ4v) is 3.05. The first-order valence-corrected chi connectivity index (χ1v) is 9.13. The van der Waals surface area contributed by atoms with Crippen LogP contribution in [-0.2, 0) is 0 Å². The van der Waals surface area contributed by atoms with Gasteiger partial charge in [0.15, 0.2) is 0 Å². The van der Waals surface area contributed by atoms with Crippen LogP contribution in [0.15, 0.2) is 47.6 Å². The predicted molar refractivity (Wildman–Crippen MR) is 109 cm³/mol. The van der Waals surface area contributed by atoms with Crippen molar-refractivity contribution < 1.29 is 9.72 Å². The maximum absolute atomic E-state index is 12.2. The lowest BCUT2D eigenvalue weighted by atomic mass is 10.1. The Hall–Kier alpha value is -2.97. The molecule has 1 amide bonds. The summed E-state index contributed by atoms with van der Waals surface area (Å²) in [7, 11) is 2.06. The van der Waals surface area contributed by atoms with E-state index in [1.807, 2.05) is 0 Å². The average molecular weight is 402 g/mol. The molecular formula is C19H20ClN5O3. The maximum Gasteiger partial charge on any atom is 0.271 e. The number of hydrogen-bond donors (Lipinski definition) is 1. The Morgan fingerprint density at radius 3 is 2.50 bits per heavy atom. The quantitative estimate of drug-likeness (QED) is 0.472. The molecule has 0 aliphatic carbocycles. The Labute approximate surface area is 167 Å². The highest BCUT2D eigenvalue weighted by molar-refractivity contribution is 6.30. The molecule has 1 N–H and O–H groups in total. The number of carbonyl (C=O) groups is 1. The Morgan fingerprint density at radius 2 is 1.86 bits per heavy atom. The highest BCUT2D eigenvalue weighted by Crippen LogP contribution is 2.25. The molecule has 1 heterocycles. The number of nitro benzene ring substituents is 1. The number of amides is 1. The van der Waals surface area contributed by atoms with Gasteiger partial charge in [0.05, 0.1) is 11.1 Å². The summed E-state index contributed by atoms with van der Waals surface area (Å²) in [5, 5.41) is 15.7. The zero-order chi connectivity index (χ0) is 20.1. The van der Waals surface area contributed by atoms with E-state index in [-0.39, 0.29) is 11.6 Å². The van der Waals surface area contributed by atoms with Gasteiger partial charge in [-0.25, -0.2) is 5.43 Å². The molecule has 0 bridgehead atoms. The summed E-state index contributed by atoms with van der Waals surface area (Å²) < 4.78 is 0. The average Bonchev–Trinajstić information content (AvgIpc) is 2.69. The first kappa shape index (κ1) is 19.8. The smallest absolute Gasteiger partial charge is 0.271 e. The molecule has 28 heavy (non-hydrogen) atoms. The van der Waals surface area contributed by atoms with E-state index >= 15 is 0 Å². The number of nitrogens with zero attached hydrogens (tertiary/aromatic N) is 4. The van der Waals surface area contributed by atoms with Gasteiger partial charge in [-0.2, -0.15) is 5.10 Å². The second-order valence-corrected chi connectivity index (χ2v) is 6.93. The number of nitro groups is 1. The molecule has 1 aliphatic heterocycles. The standard InChI is InChI=1S/C19H20ClN5O3/c1-23-8-10-24(11-9-23)18-7-6-17(25(27)28)12-15(18)13-21-22-19(26)14-2-4-16(20)5-3-14/h2-7,12-13H,8-11H2,1H3,(H,22,26). The van der Waals surface area contributed by atoms with Crippen LogP contribution in [0.25, 0.3) is 0 Å². The van der Waals surface area contributed by atoms with Gasteiger partial charge in [-0.05, 0) is 37.4 Å². The molecule has 3 rings (SSSR count). The third-order valence-electron chi connectivity index (χ3n) is 4.54. The SMILES string of the molecule is CN1CCN(c2ccc([N+](=O)[O-])cc2C=NNC(=O)c2ccc(Cl)cc2)CC1. The van der Waals surface area contributed by atoms with E-state index in [9.17, 15) is 14.9 Å². The number of carbonyl (C=O) groups excluding carboxylic acids is 1. The van der Waals surface area contributed by atoms with Crippen LogP contribution in [0, 0.1) is 10.1 Å². The molecule has 2 aromatic carbocycles. The van der Waals surface area contributed by atoms with E-state index < -0.39 is 4.92 Å². The topological polar surface area (TPSA) is 91.1 Å². The van der Waals surface area contributed by atoms with E-state index in [0.29, 0.717) is 16.1 Å². The second kappa shape index (κ2) is 8.81. The highest BCUT2D eigenvalue weighted by atomic mass is 35.5. The van der Waals surface area contributed by atoms with E-state index in [1.54, 1.807) is 30.3 Å². The number of benzene rings is 2. The summed E-state index contributed by atoms with van der Waals surface area (Å²) in [6.45, 7) is 3.43. The molecule has 9 heteroatoms. The number of non-ortho nitro benzene ring substituents is 1. The number of hydrogen-bond acceptors (Lipinski definition) is 6. The highest BCUT2D eigenvalue weighted by Gasteiger charge is 2.18. The van der Waals surface area contributed by atoms with Crippen molar-refractivity contribution in [1.29, 1.82) is 0 Å². The van der Waals surface area contributed by atoms with E-state index in [1.165, 1.54) is 18.3 Å². The summed E-state index contributed by atoms with van der Waals surface area (Å²) in [5.74, 6) is -0.389. The minimum atomic E-state index is -0.447. The Morgan fingerprint density at radius 1 is 1.18 bits per heavy atom. The van der Waals surface area contributed by atoms with Gasteiger partial charge in [-0.1, -0.05) is 11.6 Å². The molecule has 0 unspecified atom stereocenters. The van der Waals surface area contributed by atoms with Crippen LogP contribution in [0.5, 0.6) is 0 Å². The number of piperazine rings is 1. The van der Waals surface area contributed by atoms with E-state index in [4.69, 9.17) is 11.6 Å². The van der Waals surface area contributed by atoms with Gasteiger partial charge in [-0.15, -0.1) is 0 Å². The maximum atomic E-state index is 12.2. The molecule has 0 spiro atoms. The van der Waals surface area contributed by atoms with E-state index in [0.717, 1.165) is 31.9 Å². The van der Waals surface area contributed by atoms with Crippen LogP contribution in [0.2, 0.25) is 5.02 Å². The van der Waals surface area contributed by atoms with Crippen LogP contribution in [0.3, 0.4) is 0 Å². The van der Waals surface area contributed by atoms with Crippen molar-refractivity contribution in [2.75, 3.05) is 38.1 Å². The molecule has 2 aromatic rings. The molecule has 8 nitrogen and oxygen atoms in total. The van der Waals surface area contributed by atoms with Gasteiger partial charge in [0.2, 0.25) is 0 Å². The third-order valence-corrected chi connectivity index (χ3v) is 4.79. The Balaban J connectivity index is 1.79. The van der Waals surface area contributed by atoms with E-state index in [2.05, 4.69) is 27.4 Å². The number of anilines is 1. The lowest BCUT2D eigenvalue weighted by molar-refractivity contribution is -0.384. The number of likely N-dealkylation sites (N-methyl/N-ethyl adjacent to an activating group) is 1. The van der Waals surface area contributed by atoms with Crippen LogP contribution in [0.4, 0.5) is 11.4 Å². The largest absolute Gasteiger partial charge is 0.368 e. The monoisotopic (exact) mass is 401 g/mol. The van der Waals surface area contributed by atoms with Crippen LogP contribution in [0.1, 0.15) is 15.9 Å². The van der Waals surface area contributed by atoms with Crippen LogP contribution >= 0.6 is 11.6 Å². The minimum Gasteiger partial charge on any atom is -0.368 e. The summed E-state index contributed by atoms with van der Waals surface area (Å²) >= 11 is 5.82. The zero-order valence-electron chi connectivity index (χ0n) is 15.3. The number of rotatable bonds is 5. The first-order valence-electron chi connectivity index (χ1n) is 8.75. The van der Waals surface area contributed by atoms with Crippen molar-refractivity contribution in [3.63, 3.8) is 0 Å².